The van der Waals surface area contributed by atoms with Gasteiger partial charge in [0.15, 0.2) is 0 Å². The molecule has 0 saturated carbocycles. The van der Waals surface area contributed by atoms with Crippen molar-refractivity contribution in [2.45, 2.75) is 31.5 Å². The Morgan fingerprint density at radius 1 is 1.39 bits per heavy atom. The van der Waals surface area contributed by atoms with Gasteiger partial charge in [0, 0.05) is 18.2 Å². The van der Waals surface area contributed by atoms with Gasteiger partial charge in [0.25, 0.3) is 0 Å². The standard InChI is InChI=1S/C12H12F3NOS/c13-12(14,15)4-1-2-10(17)8-6-11-9(16-7-8)3-5-18-11/h3,5-7,10,17H,1-2,4H2. The fourth-order valence-electron chi connectivity index (χ4n) is 1.71. The molecule has 2 nitrogen and oxygen atoms in total. The Hall–Kier alpha value is -1.14. The van der Waals surface area contributed by atoms with Gasteiger partial charge in [-0.2, -0.15) is 13.2 Å². The third kappa shape index (κ3) is 3.43. The molecule has 1 N–H and O–H groups in total. The predicted molar refractivity (Wildman–Crippen MR) is 64.5 cm³/mol. The number of aliphatic hydroxyl groups excluding tert-OH is 1. The maximum absolute atomic E-state index is 12.0. The number of halogens is 3. The molecular formula is C12H12F3NOS. The van der Waals surface area contributed by atoms with E-state index in [0.29, 0.717) is 5.56 Å². The van der Waals surface area contributed by atoms with Crippen LogP contribution in [0.25, 0.3) is 10.2 Å². The Morgan fingerprint density at radius 2 is 2.17 bits per heavy atom. The zero-order chi connectivity index (χ0) is 13.2. The van der Waals surface area contributed by atoms with E-state index in [2.05, 4.69) is 4.98 Å². The van der Waals surface area contributed by atoms with Crippen LogP contribution < -0.4 is 0 Å². The maximum atomic E-state index is 12.0. The second-order valence-electron chi connectivity index (χ2n) is 4.10. The summed E-state index contributed by atoms with van der Waals surface area (Å²) in [6.07, 6.45) is -4.36. The van der Waals surface area contributed by atoms with Crippen LogP contribution in [0, 0.1) is 0 Å². The first-order valence-electron chi connectivity index (χ1n) is 5.54. The van der Waals surface area contributed by atoms with E-state index in [4.69, 9.17) is 0 Å². The highest BCUT2D eigenvalue weighted by molar-refractivity contribution is 7.17. The number of aliphatic hydroxyl groups is 1. The largest absolute Gasteiger partial charge is 0.389 e. The second-order valence-corrected chi connectivity index (χ2v) is 5.04. The fourth-order valence-corrected chi connectivity index (χ4v) is 2.50. The van der Waals surface area contributed by atoms with Crippen molar-refractivity contribution in [3.05, 3.63) is 29.3 Å². The van der Waals surface area contributed by atoms with Gasteiger partial charge in [0.05, 0.1) is 16.3 Å². The van der Waals surface area contributed by atoms with Crippen LogP contribution in [0.3, 0.4) is 0 Å². The number of thiophene rings is 1. The van der Waals surface area contributed by atoms with E-state index < -0.39 is 18.7 Å². The molecule has 2 aromatic heterocycles. The third-order valence-electron chi connectivity index (χ3n) is 2.65. The first kappa shape index (κ1) is 13.3. The zero-order valence-corrected chi connectivity index (χ0v) is 10.3. The smallest absolute Gasteiger partial charge is 0.388 e. The summed E-state index contributed by atoms with van der Waals surface area (Å²) in [6.45, 7) is 0. The molecule has 98 valence electrons. The Labute approximate surface area is 106 Å². The predicted octanol–water partition coefficient (Wildman–Crippen LogP) is 4.06. The molecule has 0 aliphatic carbocycles. The van der Waals surface area contributed by atoms with Gasteiger partial charge >= 0.3 is 6.18 Å². The summed E-state index contributed by atoms with van der Waals surface area (Å²) in [4.78, 5) is 4.15. The second kappa shape index (κ2) is 5.24. The first-order valence-corrected chi connectivity index (χ1v) is 6.41. The van der Waals surface area contributed by atoms with Crippen molar-refractivity contribution in [2.24, 2.45) is 0 Å². The van der Waals surface area contributed by atoms with Crippen LogP contribution >= 0.6 is 11.3 Å². The van der Waals surface area contributed by atoms with Crippen LogP contribution in [0.5, 0.6) is 0 Å². The van der Waals surface area contributed by atoms with Crippen molar-refractivity contribution in [1.82, 2.24) is 4.98 Å². The zero-order valence-electron chi connectivity index (χ0n) is 9.44. The lowest BCUT2D eigenvalue weighted by molar-refractivity contribution is -0.136. The highest BCUT2D eigenvalue weighted by Crippen LogP contribution is 2.28. The minimum absolute atomic E-state index is 0.0762. The summed E-state index contributed by atoms with van der Waals surface area (Å²) in [6, 6.07) is 3.64. The highest BCUT2D eigenvalue weighted by atomic mass is 32.1. The summed E-state index contributed by atoms with van der Waals surface area (Å²) in [7, 11) is 0. The van der Waals surface area contributed by atoms with Crippen LogP contribution in [0.2, 0.25) is 0 Å². The highest BCUT2D eigenvalue weighted by Gasteiger charge is 2.26. The summed E-state index contributed by atoms with van der Waals surface area (Å²) in [5.41, 5.74) is 1.42. The van der Waals surface area contributed by atoms with Crippen molar-refractivity contribution in [2.75, 3.05) is 0 Å². The summed E-state index contributed by atoms with van der Waals surface area (Å²) < 4.78 is 36.9. The van der Waals surface area contributed by atoms with E-state index in [-0.39, 0.29) is 12.8 Å². The van der Waals surface area contributed by atoms with Gasteiger partial charge in [-0.25, -0.2) is 0 Å². The van der Waals surface area contributed by atoms with Crippen molar-refractivity contribution in [1.29, 1.82) is 0 Å². The molecule has 0 aromatic carbocycles. The number of alkyl halides is 3. The lowest BCUT2D eigenvalue weighted by Crippen LogP contribution is -2.08. The molecule has 1 atom stereocenters. The molecule has 0 saturated heterocycles. The quantitative estimate of drug-likeness (QED) is 0.912. The van der Waals surface area contributed by atoms with Gasteiger partial charge in [-0.1, -0.05) is 0 Å². The SMILES string of the molecule is OC(CCCC(F)(F)F)c1cnc2ccsc2c1. The van der Waals surface area contributed by atoms with Gasteiger partial charge < -0.3 is 5.11 Å². The maximum Gasteiger partial charge on any atom is 0.389 e. The molecule has 0 bridgehead atoms. The minimum atomic E-state index is -4.16. The van der Waals surface area contributed by atoms with Gasteiger partial charge in [0.1, 0.15) is 0 Å². The van der Waals surface area contributed by atoms with E-state index in [1.807, 2.05) is 11.4 Å². The number of hydrogen-bond donors (Lipinski definition) is 1. The van der Waals surface area contributed by atoms with Crippen LogP contribution in [0.1, 0.15) is 30.9 Å². The Balaban J connectivity index is 1.97. The molecule has 0 spiro atoms. The molecule has 0 aliphatic rings. The fraction of sp³-hybridized carbons (Fsp3) is 0.417. The van der Waals surface area contributed by atoms with Crippen LogP contribution in [0.15, 0.2) is 23.7 Å². The lowest BCUT2D eigenvalue weighted by Gasteiger charge is -2.11. The topological polar surface area (TPSA) is 33.1 Å². The number of rotatable bonds is 4. The summed E-state index contributed by atoms with van der Waals surface area (Å²) in [5.74, 6) is 0. The molecule has 1 unspecified atom stereocenters. The van der Waals surface area contributed by atoms with Crippen LogP contribution in [-0.4, -0.2) is 16.3 Å². The monoisotopic (exact) mass is 275 g/mol. The molecule has 2 rings (SSSR count). The van der Waals surface area contributed by atoms with Crippen molar-refractivity contribution >= 4 is 21.6 Å². The Morgan fingerprint density at radius 3 is 2.89 bits per heavy atom. The summed E-state index contributed by atoms with van der Waals surface area (Å²) in [5, 5.41) is 11.7. The van der Waals surface area contributed by atoms with E-state index in [0.717, 1.165) is 10.2 Å². The summed E-state index contributed by atoms with van der Waals surface area (Å²) >= 11 is 1.49. The van der Waals surface area contributed by atoms with Gasteiger partial charge in [-0.15, -0.1) is 11.3 Å². The van der Waals surface area contributed by atoms with Crippen LogP contribution in [0.4, 0.5) is 13.2 Å². The normalized spacial score (nSPS) is 14.0. The molecular weight excluding hydrogens is 263 g/mol. The third-order valence-corrected chi connectivity index (χ3v) is 3.50. The average Bonchev–Trinajstić information content (AvgIpc) is 2.73. The first-order chi connectivity index (χ1) is 8.46. The van der Waals surface area contributed by atoms with Gasteiger partial charge in [0.2, 0.25) is 0 Å². The van der Waals surface area contributed by atoms with Gasteiger partial charge in [-0.3, -0.25) is 4.98 Å². The molecule has 2 aromatic rings. The lowest BCUT2D eigenvalue weighted by atomic mass is 10.1. The van der Waals surface area contributed by atoms with E-state index in [9.17, 15) is 18.3 Å². The van der Waals surface area contributed by atoms with Gasteiger partial charge in [-0.05, 0) is 30.4 Å². The molecule has 0 fully saturated rings. The number of fused-ring (bicyclic) bond motifs is 1. The number of aromatic nitrogens is 1. The van der Waals surface area contributed by atoms with E-state index in [1.165, 1.54) is 17.5 Å². The number of nitrogens with zero attached hydrogens (tertiary/aromatic N) is 1. The van der Waals surface area contributed by atoms with E-state index in [1.54, 1.807) is 6.07 Å². The van der Waals surface area contributed by atoms with Crippen molar-refractivity contribution in [3.63, 3.8) is 0 Å². The average molecular weight is 275 g/mol. The molecule has 18 heavy (non-hydrogen) atoms. The molecule has 2 heterocycles. The Kier molecular flexibility index (Phi) is 3.87. The molecule has 0 aliphatic heterocycles. The molecule has 0 amide bonds. The van der Waals surface area contributed by atoms with E-state index >= 15 is 0 Å². The number of pyridine rings is 1. The minimum Gasteiger partial charge on any atom is -0.388 e. The molecule has 6 heteroatoms. The van der Waals surface area contributed by atoms with Crippen molar-refractivity contribution in [3.8, 4) is 0 Å². The number of hydrogen-bond acceptors (Lipinski definition) is 3. The Bertz CT molecular complexity index is 523. The molecule has 0 radical (unpaired) electrons. The van der Waals surface area contributed by atoms with Crippen molar-refractivity contribution < 1.29 is 18.3 Å². The van der Waals surface area contributed by atoms with Crippen LogP contribution in [-0.2, 0) is 0 Å².